The van der Waals surface area contributed by atoms with Gasteiger partial charge in [0.05, 0.1) is 10.7 Å². The van der Waals surface area contributed by atoms with E-state index in [1.807, 2.05) is 13.0 Å². The summed E-state index contributed by atoms with van der Waals surface area (Å²) in [6.45, 7) is 1.88. The number of halogens is 1. The van der Waals surface area contributed by atoms with Crippen LogP contribution < -0.4 is 5.32 Å². The van der Waals surface area contributed by atoms with Crippen LogP contribution in [0.3, 0.4) is 0 Å². The number of amides is 1. The van der Waals surface area contributed by atoms with Crippen LogP contribution >= 0.6 is 23.4 Å². The maximum absolute atomic E-state index is 12.0. The summed E-state index contributed by atoms with van der Waals surface area (Å²) >= 11 is 7.12. The molecule has 0 fully saturated rings. The predicted molar refractivity (Wildman–Crippen MR) is 102 cm³/mol. The van der Waals surface area contributed by atoms with Crippen LogP contribution in [0.5, 0.6) is 0 Å². The molecule has 0 aliphatic rings. The van der Waals surface area contributed by atoms with Crippen molar-refractivity contribution in [2.24, 2.45) is 0 Å². The van der Waals surface area contributed by atoms with Crippen molar-refractivity contribution in [3.63, 3.8) is 0 Å². The third-order valence-electron chi connectivity index (χ3n) is 3.51. The molecule has 1 heterocycles. The maximum atomic E-state index is 12.0. The van der Waals surface area contributed by atoms with Crippen molar-refractivity contribution in [3.8, 4) is 11.5 Å². The van der Waals surface area contributed by atoms with Crippen molar-refractivity contribution < 1.29 is 14.1 Å². The summed E-state index contributed by atoms with van der Waals surface area (Å²) in [5.41, 5.74) is 2.06. The van der Waals surface area contributed by atoms with Crippen molar-refractivity contribution in [2.45, 2.75) is 12.1 Å². The number of carbonyl (C=O) groups excluding carboxylic acids is 1. The third kappa shape index (κ3) is 4.83. The van der Waals surface area contributed by atoms with Crippen LogP contribution in [0.2, 0.25) is 5.02 Å². The highest BCUT2D eigenvalue weighted by Gasteiger charge is 2.13. The number of aryl methyl sites for hydroxylation is 1. The van der Waals surface area contributed by atoms with Gasteiger partial charge in [0.2, 0.25) is 11.8 Å². The highest BCUT2D eigenvalue weighted by molar-refractivity contribution is 7.99. The fourth-order valence-corrected chi connectivity index (χ4v) is 2.85. The lowest BCUT2D eigenvalue weighted by Crippen LogP contribution is -2.14. The molecule has 0 atom stereocenters. The number of anilines is 1. The van der Waals surface area contributed by atoms with Crippen molar-refractivity contribution >= 4 is 40.6 Å². The maximum Gasteiger partial charge on any atom is 0.277 e. The highest BCUT2D eigenvalue weighted by Crippen LogP contribution is 2.25. The van der Waals surface area contributed by atoms with E-state index < -0.39 is 4.92 Å². The number of nitrogens with one attached hydrogen (secondary N) is 1. The fraction of sp³-hybridized carbons (Fsp3) is 0.118. The van der Waals surface area contributed by atoms with Gasteiger partial charge in [-0.1, -0.05) is 29.4 Å². The monoisotopic (exact) mass is 404 g/mol. The molecular weight excluding hydrogens is 392 g/mol. The predicted octanol–water partition coefficient (Wildman–Crippen LogP) is 4.34. The van der Waals surface area contributed by atoms with E-state index in [2.05, 4.69) is 15.5 Å². The van der Waals surface area contributed by atoms with Crippen LogP contribution in [0, 0.1) is 17.0 Å². The Morgan fingerprint density at radius 1 is 1.26 bits per heavy atom. The molecule has 0 aliphatic carbocycles. The number of hydrogen-bond donors (Lipinski definition) is 1. The average molecular weight is 405 g/mol. The van der Waals surface area contributed by atoms with E-state index in [1.165, 1.54) is 24.3 Å². The second kappa shape index (κ2) is 8.19. The largest absolute Gasteiger partial charge is 0.411 e. The Hall–Kier alpha value is -2.91. The summed E-state index contributed by atoms with van der Waals surface area (Å²) in [5.74, 6) is 0.0565. The Balaban J connectivity index is 1.58. The second-order valence-electron chi connectivity index (χ2n) is 5.48. The Morgan fingerprint density at radius 3 is 2.67 bits per heavy atom. The van der Waals surface area contributed by atoms with E-state index in [4.69, 9.17) is 16.0 Å². The second-order valence-corrected chi connectivity index (χ2v) is 6.81. The Labute approximate surface area is 163 Å². The molecule has 1 N–H and O–H groups in total. The van der Waals surface area contributed by atoms with Crippen molar-refractivity contribution in [2.75, 3.05) is 11.1 Å². The van der Waals surface area contributed by atoms with E-state index >= 15 is 0 Å². The third-order valence-corrected chi connectivity index (χ3v) is 4.74. The minimum Gasteiger partial charge on any atom is -0.411 e. The molecule has 3 rings (SSSR count). The number of carbonyl (C=O) groups is 1. The van der Waals surface area contributed by atoms with Crippen LogP contribution in [0.1, 0.15) is 5.56 Å². The van der Waals surface area contributed by atoms with Crippen LogP contribution in [-0.2, 0) is 4.79 Å². The van der Waals surface area contributed by atoms with Gasteiger partial charge in [0, 0.05) is 28.4 Å². The summed E-state index contributed by atoms with van der Waals surface area (Å²) in [5, 5.41) is 22.0. The van der Waals surface area contributed by atoms with Gasteiger partial charge in [-0.05, 0) is 36.8 Å². The van der Waals surface area contributed by atoms with Crippen molar-refractivity contribution in [1.82, 2.24) is 10.2 Å². The molecular formula is C17H13ClN4O4S. The van der Waals surface area contributed by atoms with E-state index in [9.17, 15) is 14.9 Å². The molecule has 138 valence electrons. The first kappa shape index (κ1) is 18.9. The van der Waals surface area contributed by atoms with Crippen molar-refractivity contribution in [1.29, 1.82) is 0 Å². The number of nitro benzene ring substituents is 1. The quantitative estimate of drug-likeness (QED) is 0.369. The van der Waals surface area contributed by atoms with Crippen LogP contribution in [0.15, 0.2) is 52.1 Å². The minimum atomic E-state index is -0.487. The molecule has 0 aliphatic heterocycles. The molecule has 0 radical (unpaired) electrons. The molecule has 8 nitrogen and oxygen atoms in total. The molecule has 0 bridgehead atoms. The number of non-ortho nitro benzene ring substituents is 1. The molecule has 1 amide bonds. The van der Waals surface area contributed by atoms with Gasteiger partial charge in [0.25, 0.3) is 10.9 Å². The standard InChI is InChI=1S/C17H13ClN4O4S/c1-10-2-5-12(8-14(10)18)19-15(23)9-27-17-21-20-16(26-17)11-3-6-13(7-4-11)22(24)25/h2-8H,9H2,1H3,(H,19,23). The topological polar surface area (TPSA) is 111 Å². The first-order valence-corrected chi connectivity index (χ1v) is 9.06. The van der Waals surface area contributed by atoms with Gasteiger partial charge in [-0.3, -0.25) is 14.9 Å². The van der Waals surface area contributed by atoms with Crippen molar-refractivity contribution in [3.05, 3.63) is 63.2 Å². The molecule has 0 saturated heterocycles. The smallest absolute Gasteiger partial charge is 0.277 e. The first-order chi connectivity index (χ1) is 12.9. The molecule has 27 heavy (non-hydrogen) atoms. The summed E-state index contributed by atoms with van der Waals surface area (Å²) in [6.07, 6.45) is 0. The van der Waals surface area contributed by atoms with Crippen LogP contribution in [-0.4, -0.2) is 26.8 Å². The van der Waals surface area contributed by atoms with Gasteiger partial charge < -0.3 is 9.73 Å². The normalized spacial score (nSPS) is 10.6. The number of nitrogens with zero attached hydrogens (tertiary/aromatic N) is 3. The number of rotatable bonds is 6. The zero-order valence-corrected chi connectivity index (χ0v) is 15.6. The van der Waals surface area contributed by atoms with Gasteiger partial charge in [0.15, 0.2) is 0 Å². The molecule has 0 spiro atoms. The summed E-state index contributed by atoms with van der Waals surface area (Å²) in [7, 11) is 0. The Kier molecular flexibility index (Phi) is 5.72. The van der Waals surface area contributed by atoms with Gasteiger partial charge in [0.1, 0.15) is 0 Å². The minimum absolute atomic E-state index is 0.0271. The highest BCUT2D eigenvalue weighted by atomic mass is 35.5. The molecule has 10 heteroatoms. The molecule has 1 aromatic heterocycles. The van der Waals surface area contributed by atoms with Gasteiger partial charge in [-0.25, -0.2) is 0 Å². The van der Waals surface area contributed by atoms with Gasteiger partial charge >= 0.3 is 0 Å². The number of hydrogen-bond acceptors (Lipinski definition) is 7. The molecule has 0 saturated carbocycles. The number of thioether (sulfide) groups is 1. The fourth-order valence-electron chi connectivity index (χ4n) is 2.11. The SMILES string of the molecule is Cc1ccc(NC(=O)CSc2nnc(-c3ccc([N+](=O)[O-])cc3)o2)cc1Cl. The summed E-state index contributed by atoms with van der Waals surface area (Å²) in [4.78, 5) is 22.2. The number of aromatic nitrogens is 2. The number of nitro groups is 1. The first-order valence-electron chi connectivity index (χ1n) is 7.69. The lowest BCUT2D eigenvalue weighted by atomic mass is 10.2. The summed E-state index contributed by atoms with van der Waals surface area (Å²) < 4.78 is 5.48. The van der Waals surface area contributed by atoms with Crippen LogP contribution in [0.25, 0.3) is 11.5 Å². The zero-order chi connectivity index (χ0) is 19.4. The zero-order valence-electron chi connectivity index (χ0n) is 14.0. The lowest BCUT2D eigenvalue weighted by molar-refractivity contribution is -0.384. The average Bonchev–Trinajstić information content (AvgIpc) is 3.12. The van der Waals surface area contributed by atoms with E-state index in [0.29, 0.717) is 16.3 Å². The summed E-state index contributed by atoms with van der Waals surface area (Å²) in [6, 6.07) is 11.0. The van der Waals surface area contributed by atoms with Crippen LogP contribution in [0.4, 0.5) is 11.4 Å². The van der Waals surface area contributed by atoms with E-state index in [-0.39, 0.29) is 28.5 Å². The lowest BCUT2D eigenvalue weighted by Gasteiger charge is -2.05. The molecule has 0 unspecified atom stereocenters. The molecule has 2 aromatic carbocycles. The van der Waals surface area contributed by atoms with Gasteiger partial charge in [-0.15, -0.1) is 10.2 Å². The van der Waals surface area contributed by atoms with Gasteiger partial charge in [-0.2, -0.15) is 0 Å². The Bertz CT molecular complexity index is 991. The molecule has 3 aromatic rings. The van der Waals surface area contributed by atoms with E-state index in [1.54, 1.807) is 12.1 Å². The number of benzene rings is 2. The Morgan fingerprint density at radius 2 is 2.00 bits per heavy atom. The van der Waals surface area contributed by atoms with E-state index in [0.717, 1.165) is 17.3 Å².